The second-order valence-electron chi connectivity index (χ2n) is 6.60. The van der Waals surface area contributed by atoms with E-state index in [0.717, 1.165) is 17.7 Å². The zero-order valence-electron chi connectivity index (χ0n) is 13.3. The number of nitrogens with zero attached hydrogens (tertiary/aromatic N) is 3. The summed E-state index contributed by atoms with van der Waals surface area (Å²) in [4.78, 5) is 41.3. The van der Waals surface area contributed by atoms with Crippen molar-refractivity contribution in [3.63, 3.8) is 0 Å². The first-order chi connectivity index (χ1) is 11.5. The van der Waals surface area contributed by atoms with Crippen molar-refractivity contribution >= 4 is 23.4 Å². The normalized spacial score (nSPS) is 20.6. The van der Waals surface area contributed by atoms with Gasteiger partial charge < -0.3 is 19.8 Å². The fourth-order valence-corrected chi connectivity index (χ4v) is 3.49. The van der Waals surface area contributed by atoms with Gasteiger partial charge in [0.25, 0.3) is 5.91 Å². The third kappa shape index (κ3) is 2.45. The summed E-state index contributed by atoms with van der Waals surface area (Å²) in [5, 5.41) is 9.27. The lowest BCUT2D eigenvalue weighted by Crippen LogP contribution is -2.55. The van der Waals surface area contributed by atoms with Crippen molar-refractivity contribution in [3.8, 4) is 0 Å². The Hall–Kier alpha value is -2.41. The quantitative estimate of drug-likeness (QED) is 0.844. The van der Waals surface area contributed by atoms with Crippen LogP contribution in [0.3, 0.4) is 0 Å². The number of rotatable bonds is 3. The van der Waals surface area contributed by atoms with Crippen molar-refractivity contribution in [1.82, 2.24) is 9.80 Å². The summed E-state index contributed by atoms with van der Waals surface area (Å²) in [6.07, 6.45) is 0.945. The van der Waals surface area contributed by atoms with E-state index >= 15 is 0 Å². The summed E-state index contributed by atoms with van der Waals surface area (Å²) in [5.41, 5.74) is 2.21. The third-order valence-electron chi connectivity index (χ3n) is 4.90. The number of amides is 3. The van der Waals surface area contributed by atoms with Crippen molar-refractivity contribution in [2.45, 2.75) is 25.5 Å². The van der Waals surface area contributed by atoms with Gasteiger partial charge in [0.2, 0.25) is 11.8 Å². The van der Waals surface area contributed by atoms with Crippen LogP contribution in [0.1, 0.15) is 28.8 Å². The number of β-amino-alcohol motifs (C(OH)–C–C–N with tert-alkyl or cyclic N) is 1. The topological polar surface area (TPSA) is 81.2 Å². The molecule has 2 fully saturated rings. The first kappa shape index (κ1) is 15.1. The Balaban J connectivity index is 1.48. The molecule has 1 N–H and O–H groups in total. The van der Waals surface area contributed by atoms with E-state index in [-0.39, 0.29) is 24.3 Å². The average molecular weight is 329 g/mol. The maximum atomic E-state index is 12.6. The van der Waals surface area contributed by atoms with Crippen LogP contribution in [0.25, 0.3) is 0 Å². The Kier molecular flexibility index (Phi) is 3.53. The molecule has 4 rings (SSSR count). The predicted octanol–water partition coefficient (Wildman–Crippen LogP) is -0.0277. The van der Waals surface area contributed by atoms with Crippen LogP contribution in [0, 0.1) is 0 Å². The molecular formula is C17H19N3O4. The number of hydrogen-bond donors (Lipinski definition) is 1. The molecule has 0 radical (unpaired) electrons. The summed E-state index contributed by atoms with van der Waals surface area (Å²) < 4.78 is 0. The molecule has 24 heavy (non-hydrogen) atoms. The minimum atomic E-state index is -0.444. The number of aliphatic hydroxyl groups is 1. The van der Waals surface area contributed by atoms with Gasteiger partial charge in [0, 0.05) is 43.9 Å². The van der Waals surface area contributed by atoms with Gasteiger partial charge in [0.05, 0.1) is 6.10 Å². The van der Waals surface area contributed by atoms with Gasteiger partial charge in [0.15, 0.2) is 0 Å². The molecule has 7 nitrogen and oxygen atoms in total. The van der Waals surface area contributed by atoms with Crippen LogP contribution < -0.4 is 4.90 Å². The van der Waals surface area contributed by atoms with Crippen LogP contribution in [0.4, 0.5) is 5.69 Å². The zero-order chi connectivity index (χ0) is 16.8. The largest absolute Gasteiger partial charge is 0.389 e. The Morgan fingerprint density at radius 3 is 2.71 bits per heavy atom. The van der Waals surface area contributed by atoms with Gasteiger partial charge in [0.1, 0.15) is 6.54 Å². The maximum absolute atomic E-state index is 12.6. The smallest absolute Gasteiger partial charge is 0.255 e. The van der Waals surface area contributed by atoms with Gasteiger partial charge in [-0.25, -0.2) is 0 Å². The molecule has 1 aromatic rings. The second kappa shape index (κ2) is 5.59. The van der Waals surface area contributed by atoms with E-state index in [1.807, 2.05) is 12.1 Å². The molecule has 0 spiro atoms. The predicted molar refractivity (Wildman–Crippen MR) is 85.4 cm³/mol. The van der Waals surface area contributed by atoms with Crippen molar-refractivity contribution < 1.29 is 19.5 Å². The summed E-state index contributed by atoms with van der Waals surface area (Å²) in [7, 11) is 0. The van der Waals surface area contributed by atoms with Gasteiger partial charge in [-0.05, 0) is 24.1 Å². The molecule has 3 heterocycles. The molecule has 0 atom stereocenters. The average Bonchev–Trinajstić information content (AvgIpc) is 3.08. The first-order valence-electron chi connectivity index (χ1n) is 8.21. The highest BCUT2D eigenvalue weighted by Gasteiger charge is 2.34. The summed E-state index contributed by atoms with van der Waals surface area (Å²) >= 11 is 0. The minimum Gasteiger partial charge on any atom is -0.389 e. The Morgan fingerprint density at radius 1 is 1.25 bits per heavy atom. The fourth-order valence-electron chi connectivity index (χ4n) is 3.49. The third-order valence-corrected chi connectivity index (χ3v) is 4.90. The maximum Gasteiger partial charge on any atom is 0.255 e. The van der Waals surface area contributed by atoms with Gasteiger partial charge in [-0.3, -0.25) is 14.4 Å². The number of hydrogen-bond acceptors (Lipinski definition) is 4. The molecule has 126 valence electrons. The van der Waals surface area contributed by atoms with Crippen LogP contribution in [0.15, 0.2) is 18.2 Å². The molecule has 0 saturated carbocycles. The minimum absolute atomic E-state index is 0.0260. The summed E-state index contributed by atoms with van der Waals surface area (Å²) in [6, 6.07) is 5.50. The number of fused-ring (bicyclic) bond motifs is 1. The van der Waals surface area contributed by atoms with E-state index in [0.29, 0.717) is 38.2 Å². The fraction of sp³-hybridized carbons (Fsp3) is 0.471. The molecule has 0 bridgehead atoms. The molecule has 1 aromatic carbocycles. The first-order valence-corrected chi connectivity index (χ1v) is 8.21. The van der Waals surface area contributed by atoms with Gasteiger partial charge in [-0.1, -0.05) is 6.07 Å². The lowest BCUT2D eigenvalue weighted by Gasteiger charge is -2.36. The van der Waals surface area contributed by atoms with Gasteiger partial charge in [-0.15, -0.1) is 0 Å². The standard InChI is InChI=1S/C17H19N3O4/c21-13-8-18(9-13)16(23)10-19-7-11-3-4-12(6-14(11)17(19)24)20-5-1-2-15(20)22/h3-4,6,13,21H,1-2,5,7-10H2. The highest BCUT2D eigenvalue weighted by molar-refractivity contribution is 6.02. The van der Waals surface area contributed by atoms with Crippen LogP contribution in [-0.4, -0.2) is 64.9 Å². The van der Waals surface area contributed by atoms with Crippen molar-refractivity contribution in [2.24, 2.45) is 0 Å². The number of aliphatic hydroxyl groups excluding tert-OH is 1. The van der Waals surface area contributed by atoms with E-state index in [1.165, 1.54) is 4.90 Å². The van der Waals surface area contributed by atoms with Crippen LogP contribution in [0.2, 0.25) is 0 Å². The molecule has 3 aliphatic heterocycles. The summed E-state index contributed by atoms with van der Waals surface area (Å²) in [6.45, 7) is 1.80. The number of carbonyl (C=O) groups excluding carboxylic acids is 3. The summed E-state index contributed by atoms with van der Waals surface area (Å²) in [5.74, 6) is -0.229. The Labute approximate surface area is 139 Å². The number of carbonyl (C=O) groups is 3. The van der Waals surface area contributed by atoms with E-state index in [1.54, 1.807) is 15.9 Å². The van der Waals surface area contributed by atoms with Gasteiger partial charge in [-0.2, -0.15) is 0 Å². The molecule has 0 aromatic heterocycles. The van der Waals surface area contributed by atoms with E-state index in [4.69, 9.17) is 0 Å². The molecule has 0 aliphatic carbocycles. The highest BCUT2D eigenvalue weighted by Crippen LogP contribution is 2.29. The number of anilines is 1. The monoisotopic (exact) mass is 329 g/mol. The van der Waals surface area contributed by atoms with E-state index < -0.39 is 6.10 Å². The number of benzene rings is 1. The van der Waals surface area contributed by atoms with Gasteiger partial charge >= 0.3 is 0 Å². The van der Waals surface area contributed by atoms with E-state index in [2.05, 4.69) is 0 Å². The lowest BCUT2D eigenvalue weighted by molar-refractivity contribution is -0.141. The zero-order valence-corrected chi connectivity index (χ0v) is 13.3. The van der Waals surface area contributed by atoms with Crippen molar-refractivity contribution in [3.05, 3.63) is 29.3 Å². The number of likely N-dealkylation sites (tertiary alicyclic amines) is 1. The Bertz CT molecular complexity index is 727. The molecular weight excluding hydrogens is 310 g/mol. The molecule has 3 amide bonds. The molecule has 3 aliphatic rings. The molecule has 2 saturated heterocycles. The highest BCUT2D eigenvalue weighted by atomic mass is 16.3. The SMILES string of the molecule is O=C(CN1Cc2ccc(N3CCCC3=O)cc2C1=O)N1CC(O)C1. The Morgan fingerprint density at radius 2 is 2.04 bits per heavy atom. The molecule has 7 heteroatoms. The van der Waals surface area contributed by atoms with Crippen molar-refractivity contribution in [2.75, 3.05) is 31.1 Å². The van der Waals surface area contributed by atoms with Crippen LogP contribution in [0.5, 0.6) is 0 Å². The van der Waals surface area contributed by atoms with E-state index in [9.17, 15) is 19.5 Å². The van der Waals surface area contributed by atoms with Crippen molar-refractivity contribution in [1.29, 1.82) is 0 Å². The second-order valence-corrected chi connectivity index (χ2v) is 6.60. The molecule has 0 unspecified atom stereocenters. The lowest BCUT2D eigenvalue weighted by atomic mass is 10.1. The van der Waals surface area contributed by atoms with Crippen LogP contribution >= 0.6 is 0 Å². The van der Waals surface area contributed by atoms with Crippen LogP contribution in [-0.2, 0) is 16.1 Å².